The van der Waals surface area contributed by atoms with Crippen LogP contribution in [0.15, 0.2) is 10.3 Å². The van der Waals surface area contributed by atoms with Crippen molar-refractivity contribution in [1.82, 2.24) is 0 Å². The van der Waals surface area contributed by atoms with Gasteiger partial charge in [-0.3, -0.25) is 9.36 Å². The molecule has 0 atom stereocenters. The van der Waals surface area contributed by atoms with Crippen LogP contribution >= 0.6 is 19.2 Å². The quantitative estimate of drug-likeness (QED) is 0.539. The summed E-state index contributed by atoms with van der Waals surface area (Å²) in [5.74, 6) is -0.353. The average Bonchev–Trinajstić information content (AvgIpc) is 2.16. The van der Waals surface area contributed by atoms with E-state index in [9.17, 15) is 9.36 Å². The maximum Gasteiger partial charge on any atom is 0.358 e. The SMILES string of the molecule is CCOP(=O)(OCC)/C(C)=C(\Cl)C(C)=O. The molecule has 0 rings (SSSR count). The van der Waals surface area contributed by atoms with Gasteiger partial charge in [0.05, 0.1) is 23.6 Å². The smallest absolute Gasteiger partial charge is 0.306 e. The van der Waals surface area contributed by atoms with Crippen LogP contribution in [0, 0.1) is 0 Å². The van der Waals surface area contributed by atoms with Crippen molar-refractivity contribution in [3.63, 3.8) is 0 Å². The number of rotatable bonds is 6. The first-order valence-electron chi connectivity index (χ1n) is 4.66. The lowest BCUT2D eigenvalue weighted by Crippen LogP contribution is -2.01. The molecule has 0 aromatic rings. The molecule has 88 valence electrons. The predicted molar refractivity (Wildman–Crippen MR) is 60.1 cm³/mol. The second-order valence-corrected chi connectivity index (χ2v) is 5.35. The lowest BCUT2D eigenvalue weighted by atomic mass is 10.4. The Hall–Kier alpha value is -0.150. The number of hydrogen-bond acceptors (Lipinski definition) is 4. The van der Waals surface area contributed by atoms with Crippen molar-refractivity contribution in [3.05, 3.63) is 10.3 Å². The molecule has 15 heavy (non-hydrogen) atoms. The van der Waals surface area contributed by atoms with Gasteiger partial charge >= 0.3 is 7.60 Å². The van der Waals surface area contributed by atoms with Gasteiger partial charge in [0.1, 0.15) is 0 Å². The molecule has 4 nitrogen and oxygen atoms in total. The van der Waals surface area contributed by atoms with Gasteiger partial charge in [0, 0.05) is 6.92 Å². The maximum atomic E-state index is 12.1. The van der Waals surface area contributed by atoms with Crippen LogP contribution in [0.5, 0.6) is 0 Å². The first-order valence-corrected chi connectivity index (χ1v) is 6.58. The molecule has 0 unspecified atom stereocenters. The van der Waals surface area contributed by atoms with E-state index in [4.69, 9.17) is 20.6 Å². The predicted octanol–water partition coefficient (Wildman–Crippen LogP) is 3.31. The molecule has 0 aromatic carbocycles. The van der Waals surface area contributed by atoms with Crippen LogP contribution in [0.2, 0.25) is 0 Å². The highest BCUT2D eigenvalue weighted by molar-refractivity contribution is 7.58. The van der Waals surface area contributed by atoms with Crippen molar-refractivity contribution in [2.75, 3.05) is 13.2 Å². The number of halogens is 1. The van der Waals surface area contributed by atoms with E-state index in [1.165, 1.54) is 13.8 Å². The van der Waals surface area contributed by atoms with E-state index in [0.29, 0.717) is 0 Å². The molecule has 0 bridgehead atoms. The van der Waals surface area contributed by atoms with Gasteiger partial charge in [0.25, 0.3) is 0 Å². The van der Waals surface area contributed by atoms with Gasteiger partial charge in [-0.1, -0.05) is 11.6 Å². The summed E-state index contributed by atoms with van der Waals surface area (Å²) in [7, 11) is -3.39. The normalized spacial score (nSPS) is 13.7. The molecule has 0 radical (unpaired) electrons. The van der Waals surface area contributed by atoms with Crippen molar-refractivity contribution in [2.45, 2.75) is 27.7 Å². The summed E-state index contributed by atoms with van der Waals surface area (Å²) in [6.07, 6.45) is 0. The molecule has 0 saturated carbocycles. The van der Waals surface area contributed by atoms with Crippen molar-refractivity contribution in [2.24, 2.45) is 0 Å². The summed E-state index contributed by atoms with van der Waals surface area (Å²) >= 11 is 5.72. The van der Waals surface area contributed by atoms with E-state index in [2.05, 4.69) is 0 Å². The standard InChI is InChI=1S/C9H16ClO4P/c1-5-13-15(12,14-6-2)8(4)9(10)7(3)11/h5-6H2,1-4H3/b9-8-. The molecule has 0 aliphatic heterocycles. The number of ketones is 1. The van der Waals surface area contributed by atoms with Crippen molar-refractivity contribution < 1.29 is 18.4 Å². The maximum absolute atomic E-state index is 12.1. The third-order valence-corrected chi connectivity index (χ3v) is 4.56. The van der Waals surface area contributed by atoms with Gasteiger partial charge in [-0.25, -0.2) is 0 Å². The van der Waals surface area contributed by atoms with Crippen LogP contribution in [0.4, 0.5) is 0 Å². The fourth-order valence-corrected chi connectivity index (χ4v) is 2.80. The zero-order valence-electron chi connectivity index (χ0n) is 9.37. The molecule has 0 heterocycles. The second kappa shape index (κ2) is 6.44. The summed E-state index contributed by atoms with van der Waals surface area (Å²) < 4.78 is 22.2. The molecule has 0 saturated heterocycles. The van der Waals surface area contributed by atoms with Crippen LogP contribution in [0.3, 0.4) is 0 Å². The minimum absolute atomic E-state index is 0.0831. The molecule has 6 heteroatoms. The number of allylic oxidation sites excluding steroid dienone is 2. The topological polar surface area (TPSA) is 52.6 Å². The van der Waals surface area contributed by atoms with E-state index in [-0.39, 0.29) is 29.3 Å². The van der Waals surface area contributed by atoms with E-state index in [1.807, 2.05) is 0 Å². The Bertz CT molecular complexity index is 301. The Kier molecular flexibility index (Phi) is 6.37. The minimum atomic E-state index is -3.39. The molecular formula is C9H16ClO4P. The Morgan fingerprint density at radius 2 is 1.60 bits per heavy atom. The number of Topliss-reactive ketones (excluding diaryl/α,β-unsaturated/α-hetero) is 1. The number of hydrogen-bond donors (Lipinski definition) is 0. The van der Waals surface area contributed by atoms with Crippen molar-refractivity contribution in [3.8, 4) is 0 Å². The average molecular weight is 255 g/mol. The summed E-state index contributed by atoms with van der Waals surface area (Å²) in [5, 5.41) is 0.0839. The van der Waals surface area contributed by atoms with E-state index in [1.54, 1.807) is 13.8 Å². The van der Waals surface area contributed by atoms with Crippen LogP contribution in [-0.2, 0) is 18.4 Å². The molecule has 0 aliphatic rings. The fraction of sp³-hybridized carbons (Fsp3) is 0.667. The zero-order chi connectivity index (χ0) is 12.1. The lowest BCUT2D eigenvalue weighted by molar-refractivity contribution is -0.113. The Balaban J connectivity index is 5.17. The first kappa shape index (κ1) is 14.8. The van der Waals surface area contributed by atoms with Gasteiger partial charge < -0.3 is 9.05 Å². The highest BCUT2D eigenvalue weighted by Gasteiger charge is 2.29. The molecule has 0 spiro atoms. The van der Waals surface area contributed by atoms with E-state index < -0.39 is 7.60 Å². The van der Waals surface area contributed by atoms with Gasteiger partial charge in [-0.2, -0.15) is 0 Å². The summed E-state index contributed by atoms with van der Waals surface area (Å²) in [4.78, 5) is 11.0. The van der Waals surface area contributed by atoms with Crippen LogP contribution in [0.1, 0.15) is 27.7 Å². The number of carbonyl (C=O) groups excluding carboxylic acids is 1. The third-order valence-electron chi connectivity index (χ3n) is 1.64. The minimum Gasteiger partial charge on any atom is -0.306 e. The Morgan fingerprint density at radius 3 is 1.87 bits per heavy atom. The number of carbonyl (C=O) groups is 1. The van der Waals surface area contributed by atoms with Crippen LogP contribution in [0.25, 0.3) is 0 Å². The van der Waals surface area contributed by atoms with Crippen LogP contribution in [-0.4, -0.2) is 19.0 Å². The highest BCUT2D eigenvalue weighted by atomic mass is 35.5. The second-order valence-electron chi connectivity index (χ2n) is 2.79. The summed E-state index contributed by atoms with van der Waals surface area (Å²) in [6.45, 7) is 6.64. The zero-order valence-corrected chi connectivity index (χ0v) is 11.0. The molecule has 0 aromatic heterocycles. The van der Waals surface area contributed by atoms with Crippen molar-refractivity contribution >= 4 is 25.0 Å². The summed E-state index contributed by atoms with van der Waals surface area (Å²) in [6, 6.07) is 0. The van der Waals surface area contributed by atoms with E-state index in [0.717, 1.165) is 0 Å². The first-order chi connectivity index (χ1) is 6.89. The molecule has 0 aliphatic carbocycles. The molecule has 0 amide bonds. The van der Waals surface area contributed by atoms with Crippen molar-refractivity contribution in [1.29, 1.82) is 0 Å². The third kappa shape index (κ3) is 4.07. The van der Waals surface area contributed by atoms with Crippen LogP contribution < -0.4 is 0 Å². The van der Waals surface area contributed by atoms with E-state index >= 15 is 0 Å². The lowest BCUT2D eigenvalue weighted by Gasteiger charge is -2.18. The van der Waals surface area contributed by atoms with Gasteiger partial charge in [0.2, 0.25) is 0 Å². The summed E-state index contributed by atoms with van der Waals surface area (Å²) in [5.41, 5.74) is 0. The molecule has 0 N–H and O–H groups in total. The molecular weight excluding hydrogens is 239 g/mol. The van der Waals surface area contributed by atoms with Gasteiger partial charge in [-0.15, -0.1) is 0 Å². The Labute approximate surface area is 95.1 Å². The Morgan fingerprint density at radius 1 is 1.20 bits per heavy atom. The van der Waals surface area contributed by atoms with Gasteiger partial charge in [0.15, 0.2) is 5.78 Å². The van der Waals surface area contributed by atoms with Gasteiger partial charge in [-0.05, 0) is 20.8 Å². The molecule has 0 fully saturated rings. The highest BCUT2D eigenvalue weighted by Crippen LogP contribution is 2.57. The largest absolute Gasteiger partial charge is 0.358 e. The monoisotopic (exact) mass is 254 g/mol. The fourth-order valence-electron chi connectivity index (χ4n) is 0.946.